The van der Waals surface area contributed by atoms with Crippen LogP contribution < -0.4 is 9.80 Å². The highest BCUT2D eigenvalue weighted by molar-refractivity contribution is 6.14. The molecule has 97 heavy (non-hydrogen) atoms. The summed E-state index contributed by atoms with van der Waals surface area (Å²) in [7, 11) is 0. The first-order valence-electron chi connectivity index (χ1n) is 33.6. The molecule has 0 spiro atoms. The smallest absolute Gasteiger partial charge is 0.136 e. The normalized spacial score (nSPS) is 13.2. The Hall–Kier alpha value is -12.5. The standard InChI is InChI=1S/C93H60N2O2/c1-5-23-58(24-6-1)66-48-67(59-25-7-2-8-26-59)51-71(50-66)94-81-45-43-64(75-37-21-41-87-90(75)77-35-17-19-39-85(77)96-87)54-79(81)92-80-55-65(76-38-22-42-88-91(76)78-36-18-20-40-86(78)97-88)44-46-82(80)95(72-52-68(60-27-9-3-10-28-60)49-69(53-72)61-29-11-4-12-30-61)84-57-70(56-83(94)93(84)92)89-73-33-15-13-31-62(73)47-63-32-14-16-34-74(63)89/h1-46,48-57,89,92H,47H2. The third-order valence-corrected chi connectivity index (χ3v) is 20.7. The van der Waals surface area contributed by atoms with Gasteiger partial charge in [0.25, 0.3) is 0 Å². The summed E-state index contributed by atoms with van der Waals surface area (Å²) < 4.78 is 13.4. The number of hydrogen-bond donors (Lipinski definition) is 0. The van der Waals surface area contributed by atoms with Gasteiger partial charge in [-0.3, -0.25) is 0 Å². The van der Waals surface area contributed by atoms with E-state index in [1.165, 1.54) is 44.5 Å². The van der Waals surface area contributed by atoms with Gasteiger partial charge in [0.15, 0.2) is 0 Å². The highest BCUT2D eigenvalue weighted by Crippen LogP contribution is 2.63. The molecule has 0 unspecified atom stereocenters. The van der Waals surface area contributed by atoms with Crippen LogP contribution in [0.4, 0.5) is 34.1 Å². The molecule has 20 rings (SSSR count). The first-order chi connectivity index (χ1) is 48.1. The minimum atomic E-state index is -0.278. The summed E-state index contributed by atoms with van der Waals surface area (Å²) in [6, 6.07) is 126. The second-order valence-electron chi connectivity index (χ2n) is 26.2. The van der Waals surface area contributed by atoms with E-state index in [4.69, 9.17) is 8.83 Å². The van der Waals surface area contributed by atoms with Gasteiger partial charge in [-0.25, -0.2) is 0 Å². The van der Waals surface area contributed by atoms with Crippen molar-refractivity contribution in [1.29, 1.82) is 0 Å². The molecular formula is C93H60N2O2. The summed E-state index contributed by atoms with van der Waals surface area (Å²) in [6.07, 6.45) is 0.875. The fourth-order valence-electron chi connectivity index (χ4n) is 16.5. The van der Waals surface area contributed by atoms with Crippen molar-refractivity contribution in [2.75, 3.05) is 9.80 Å². The average molecular weight is 1240 g/mol. The first kappa shape index (κ1) is 55.0. The van der Waals surface area contributed by atoms with E-state index in [1.54, 1.807) is 0 Å². The van der Waals surface area contributed by atoms with Gasteiger partial charge >= 0.3 is 0 Å². The molecule has 15 aromatic carbocycles. The zero-order chi connectivity index (χ0) is 63.7. The minimum absolute atomic E-state index is 0.0843. The van der Waals surface area contributed by atoms with Crippen molar-refractivity contribution in [1.82, 2.24) is 0 Å². The van der Waals surface area contributed by atoms with Crippen LogP contribution in [0.15, 0.2) is 349 Å². The maximum absolute atomic E-state index is 6.68. The zero-order valence-electron chi connectivity index (χ0n) is 52.9. The Labute approximate surface area is 562 Å². The minimum Gasteiger partial charge on any atom is -0.456 e. The van der Waals surface area contributed by atoms with Crippen molar-refractivity contribution in [3.05, 3.63) is 384 Å². The van der Waals surface area contributed by atoms with Gasteiger partial charge in [-0.1, -0.05) is 243 Å². The van der Waals surface area contributed by atoms with Crippen molar-refractivity contribution < 1.29 is 8.83 Å². The van der Waals surface area contributed by atoms with Crippen LogP contribution in [0.5, 0.6) is 0 Å². The molecule has 454 valence electrons. The van der Waals surface area contributed by atoms with Crippen LogP contribution in [0.25, 0.3) is 111 Å². The lowest BCUT2D eigenvalue weighted by Crippen LogP contribution is -2.30. The van der Waals surface area contributed by atoms with E-state index in [9.17, 15) is 0 Å². The lowest BCUT2D eigenvalue weighted by Gasteiger charge is -2.46. The van der Waals surface area contributed by atoms with Gasteiger partial charge in [-0.05, 0) is 209 Å². The highest BCUT2D eigenvalue weighted by Gasteiger charge is 2.43. The molecule has 4 nitrogen and oxygen atoms in total. The molecule has 0 saturated carbocycles. The Morgan fingerprint density at radius 2 is 0.619 bits per heavy atom. The van der Waals surface area contributed by atoms with Crippen molar-refractivity contribution in [2.45, 2.75) is 18.3 Å². The third kappa shape index (κ3) is 8.91. The van der Waals surface area contributed by atoms with E-state index in [-0.39, 0.29) is 11.8 Å². The summed E-state index contributed by atoms with van der Waals surface area (Å²) in [5.41, 5.74) is 34.0. The second-order valence-corrected chi connectivity index (χ2v) is 26.2. The Morgan fingerprint density at radius 3 is 1.04 bits per heavy atom. The Morgan fingerprint density at radius 1 is 0.247 bits per heavy atom. The van der Waals surface area contributed by atoms with Gasteiger partial charge in [0.2, 0.25) is 0 Å². The fraction of sp³-hybridized carbons (Fsp3) is 0.0323. The van der Waals surface area contributed by atoms with Crippen molar-refractivity contribution >= 4 is 78.0 Å². The molecule has 3 aliphatic rings. The molecule has 0 radical (unpaired) electrons. The van der Waals surface area contributed by atoms with E-state index in [2.05, 4.69) is 350 Å². The SMILES string of the molecule is c1ccc(-c2cc(-c3ccccc3)cc(N3c4ccc(-c5cccc6oc7ccccc7c56)cc4C4c5cc(-c6cccc7oc8ccccc8c67)ccc5N(c5cc(-c6ccccc6)cc(-c6ccccc6)c5)c5cc(C6c7ccccc7Cc7ccccc76)cc3c54)c2)cc1. The molecule has 0 atom stereocenters. The lowest BCUT2D eigenvalue weighted by atomic mass is 9.71. The molecular weight excluding hydrogens is 1180 g/mol. The molecule has 0 bridgehead atoms. The molecule has 4 heteroatoms. The van der Waals surface area contributed by atoms with Gasteiger partial charge < -0.3 is 18.6 Å². The predicted molar refractivity (Wildman–Crippen MR) is 401 cm³/mol. The number of para-hydroxylation sites is 2. The maximum Gasteiger partial charge on any atom is 0.136 e. The van der Waals surface area contributed by atoms with E-state index in [1.807, 2.05) is 0 Å². The lowest BCUT2D eigenvalue weighted by molar-refractivity contribution is 0.668. The molecule has 17 aromatic rings. The fourth-order valence-corrected chi connectivity index (χ4v) is 16.5. The molecule has 0 N–H and O–H groups in total. The Balaban J connectivity index is 0.943. The number of nitrogens with zero attached hydrogens (tertiary/aromatic N) is 2. The van der Waals surface area contributed by atoms with Crippen LogP contribution in [-0.4, -0.2) is 0 Å². The van der Waals surface area contributed by atoms with Gasteiger partial charge in [-0.15, -0.1) is 0 Å². The average Bonchev–Trinajstić information content (AvgIpc) is 1.37. The number of fused-ring (bicyclic) bond motifs is 12. The predicted octanol–water partition coefficient (Wildman–Crippen LogP) is 25.3. The van der Waals surface area contributed by atoms with Gasteiger partial charge in [0.05, 0.1) is 22.7 Å². The molecule has 0 amide bonds. The number of furan rings is 2. The van der Waals surface area contributed by atoms with E-state index < -0.39 is 0 Å². The monoisotopic (exact) mass is 1240 g/mol. The topological polar surface area (TPSA) is 32.8 Å². The summed E-state index contributed by atoms with van der Waals surface area (Å²) in [6.45, 7) is 0. The quantitative estimate of drug-likeness (QED) is 0.144. The van der Waals surface area contributed by atoms with Crippen LogP contribution >= 0.6 is 0 Å². The summed E-state index contributed by atoms with van der Waals surface area (Å²) in [5.74, 6) is -0.362. The number of hydrogen-bond acceptors (Lipinski definition) is 4. The first-order valence-corrected chi connectivity index (χ1v) is 33.6. The van der Waals surface area contributed by atoms with E-state index in [0.29, 0.717) is 0 Å². The molecule has 0 saturated heterocycles. The van der Waals surface area contributed by atoms with Gasteiger partial charge in [0.1, 0.15) is 22.3 Å². The second kappa shape index (κ2) is 22.1. The van der Waals surface area contributed by atoms with Crippen molar-refractivity contribution in [3.8, 4) is 66.8 Å². The summed E-state index contributed by atoms with van der Waals surface area (Å²) >= 11 is 0. The molecule has 2 aliphatic heterocycles. The van der Waals surface area contributed by atoms with Crippen LogP contribution in [0, 0.1) is 0 Å². The third-order valence-electron chi connectivity index (χ3n) is 20.7. The van der Waals surface area contributed by atoms with Crippen LogP contribution in [0.1, 0.15) is 56.3 Å². The Bertz CT molecular complexity index is 5530. The van der Waals surface area contributed by atoms with Crippen molar-refractivity contribution in [3.63, 3.8) is 0 Å². The number of rotatable bonds is 9. The number of benzene rings is 15. The molecule has 1 aliphatic carbocycles. The van der Waals surface area contributed by atoms with E-state index >= 15 is 0 Å². The Kier molecular flexibility index (Phi) is 12.5. The van der Waals surface area contributed by atoms with Crippen molar-refractivity contribution in [2.24, 2.45) is 0 Å². The maximum atomic E-state index is 6.68. The highest BCUT2D eigenvalue weighted by atomic mass is 16.3. The summed E-state index contributed by atoms with van der Waals surface area (Å²) in [4.78, 5) is 5.26. The van der Waals surface area contributed by atoms with Crippen LogP contribution in [0.3, 0.4) is 0 Å². The number of anilines is 6. The molecule has 4 heterocycles. The largest absolute Gasteiger partial charge is 0.456 e. The molecule has 0 fully saturated rings. The summed E-state index contributed by atoms with van der Waals surface area (Å²) in [5, 5.41) is 4.42. The van der Waals surface area contributed by atoms with E-state index in [0.717, 1.165) is 151 Å². The van der Waals surface area contributed by atoms with Crippen LogP contribution in [0.2, 0.25) is 0 Å². The molecule has 2 aromatic heterocycles. The van der Waals surface area contributed by atoms with Crippen LogP contribution in [-0.2, 0) is 6.42 Å². The zero-order valence-corrected chi connectivity index (χ0v) is 52.9. The van der Waals surface area contributed by atoms with Gasteiger partial charge in [-0.2, -0.15) is 0 Å². The van der Waals surface area contributed by atoms with Gasteiger partial charge in [0, 0.05) is 50.3 Å².